The van der Waals surface area contributed by atoms with E-state index in [1.54, 1.807) is 4.42 Å². The second-order valence-corrected chi connectivity index (χ2v) is 4.43. The van der Waals surface area contributed by atoms with Gasteiger partial charge in [0.1, 0.15) is 0 Å². The number of hydrogen-bond donors (Lipinski definition) is 1. The maximum Gasteiger partial charge on any atom is 0.0972 e. The fourth-order valence-corrected chi connectivity index (χ4v) is 2.32. The lowest BCUT2D eigenvalue weighted by atomic mass is 10.1. The molecule has 2 rings (SSSR count). The second-order valence-electron chi connectivity index (χ2n) is 3.43. The first-order chi connectivity index (χ1) is 6.75. The Labute approximate surface area is 93.9 Å². The van der Waals surface area contributed by atoms with Crippen LogP contribution in [0, 0.1) is 0 Å². The molecule has 0 aromatic heterocycles. The van der Waals surface area contributed by atoms with Gasteiger partial charge >= 0.3 is 0 Å². The predicted octanol–water partition coefficient (Wildman–Crippen LogP) is 2.35. The summed E-state index contributed by atoms with van der Waals surface area (Å²) < 4.78 is 1.73. The molecule has 1 aromatic carbocycles. The third-order valence-corrected chi connectivity index (χ3v) is 2.86. The molecule has 1 aliphatic heterocycles. The van der Waals surface area contributed by atoms with Gasteiger partial charge in [0.25, 0.3) is 0 Å². The van der Waals surface area contributed by atoms with Crippen LogP contribution in [0.4, 0.5) is 0 Å². The zero-order valence-electron chi connectivity index (χ0n) is 7.66. The first-order valence-corrected chi connectivity index (χ1v) is 5.39. The Balaban J connectivity index is 2.11. The van der Waals surface area contributed by atoms with E-state index in [1.807, 2.05) is 18.2 Å². The van der Waals surface area contributed by atoms with Crippen LogP contribution in [0.15, 0.2) is 30.3 Å². The van der Waals surface area contributed by atoms with E-state index in [2.05, 4.69) is 17.4 Å². The summed E-state index contributed by atoms with van der Waals surface area (Å²) in [5.74, 6) is 0. The molecule has 2 nitrogen and oxygen atoms in total. The number of piperazine rings is 1. The SMILES string of the molecule is ClC1CN(Cl)CC(c2ccccc2)N1. The van der Waals surface area contributed by atoms with Crippen molar-refractivity contribution in [1.29, 1.82) is 0 Å². The average molecular weight is 231 g/mol. The minimum absolute atomic E-state index is 0.0774. The summed E-state index contributed by atoms with van der Waals surface area (Å²) in [7, 11) is 0. The lowest BCUT2D eigenvalue weighted by molar-refractivity contribution is 0.296. The fourth-order valence-electron chi connectivity index (χ4n) is 1.66. The van der Waals surface area contributed by atoms with Crippen LogP contribution in [-0.2, 0) is 0 Å². The van der Waals surface area contributed by atoms with Gasteiger partial charge in [0.05, 0.1) is 5.50 Å². The number of nitrogens with one attached hydrogen (secondary N) is 1. The summed E-state index contributed by atoms with van der Waals surface area (Å²) in [6, 6.07) is 10.4. The van der Waals surface area contributed by atoms with E-state index >= 15 is 0 Å². The lowest BCUT2D eigenvalue weighted by Gasteiger charge is -2.32. The zero-order chi connectivity index (χ0) is 9.97. The molecule has 2 atom stereocenters. The number of hydrogen-bond acceptors (Lipinski definition) is 2. The van der Waals surface area contributed by atoms with Gasteiger partial charge in [-0.15, -0.1) is 11.6 Å². The van der Waals surface area contributed by atoms with Gasteiger partial charge in [0.2, 0.25) is 0 Å². The number of benzene rings is 1. The number of halogens is 2. The molecule has 1 saturated heterocycles. The third kappa shape index (κ3) is 2.39. The van der Waals surface area contributed by atoms with Gasteiger partial charge < -0.3 is 0 Å². The van der Waals surface area contributed by atoms with Gasteiger partial charge in [-0.1, -0.05) is 30.3 Å². The number of rotatable bonds is 1. The van der Waals surface area contributed by atoms with Crippen molar-refractivity contribution >= 4 is 23.4 Å². The van der Waals surface area contributed by atoms with Crippen molar-refractivity contribution in [3.8, 4) is 0 Å². The highest BCUT2D eigenvalue weighted by Crippen LogP contribution is 2.21. The normalized spacial score (nSPS) is 29.0. The Morgan fingerprint density at radius 1 is 1.21 bits per heavy atom. The molecule has 0 saturated carbocycles. The van der Waals surface area contributed by atoms with E-state index in [0.717, 1.165) is 6.54 Å². The van der Waals surface area contributed by atoms with E-state index < -0.39 is 0 Å². The van der Waals surface area contributed by atoms with Gasteiger partial charge in [0, 0.05) is 19.1 Å². The van der Waals surface area contributed by atoms with Crippen molar-refractivity contribution in [2.24, 2.45) is 0 Å². The minimum atomic E-state index is -0.0774. The van der Waals surface area contributed by atoms with Gasteiger partial charge in [-0.2, -0.15) is 0 Å². The Morgan fingerprint density at radius 3 is 2.57 bits per heavy atom. The molecule has 1 heterocycles. The van der Waals surface area contributed by atoms with Crippen LogP contribution in [-0.4, -0.2) is 23.0 Å². The second kappa shape index (κ2) is 4.49. The Hall–Kier alpha value is -0.280. The molecule has 4 heteroatoms. The first kappa shape index (κ1) is 10.2. The highest BCUT2D eigenvalue weighted by atomic mass is 35.5. The highest BCUT2D eigenvalue weighted by molar-refractivity contribution is 6.21. The molecule has 1 N–H and O–H groups in total. The molecule has 1 aliphatic rings. The van der Waals surface area contributed by atoms with E-state index in [4.69, 9.17) is 23.4 Å². The van der Waals surface area contributed by atoms with Crippen LogP contribution in [0.25, 0.3) is 0 Å². The molecule has 0 amide bonds. The van der Waals surface area contributed by atoms with Gasteiger partial charge in [-0.3, -0.25) is 5.32 Å². The van der Waals surface area contributed by atoms with Gasteiger partial charge in [-0.05, 0) is 17.3 Å². The van der Waals surface area contributed by atoms with Crippen molar-refractivity contribution in [2.45, 2.75) is 11.5 Å². The summed E-state index contributed by atoms with van der Waals surface area (Å²) in [4.78, 5) is 0. The molecule has 1 aromatic rings. The molecule has 0 aliphatic carbocycles. The van der Waals surface area contributed by atoms with Crippen molar-refractivity contribution in [3.63, 3.8) is 0 Å². The van der Waals surface area contributed by atoms with E-state index in [-0.39, 0.29) is 11.5 Å². The fraction of sp³-hybridized carbons (Fsp3) is 0.400. The molecular formula is C10H12Cl2N2. The summed E-state index contributed by atoms with van der Waals surface area (Å²) in [5.41, 5.74) is 1.15. The maximum atomic E-state index is 6.02. The minimum Gasteiger partial charge on any atom is -0.292 e. The third-order valence-electron chi connectivity index (χ3n) is 2.32. The number of nitrogens with zero attached hydrogens (tertiary/aromatic N) is 1. The van der Waals surface area contributed by atoms with Crippen LogP contribution < -0.4 is 5.32 Å². The van der Waals surface area contributed by atoms with Crippen molar-refractivity contribution in [1.82, 2.24) is 9.74 Å². The quantitative estimate of drug-likeness (QED) is 0.453. The standard InChI is InChI=1S/C10H12Cl2N2/c11-10-7-14(12)6-9(13-10)8-4-2-1-3-5-8/h1-5,9-10,13H,6-7H2. The van der Waals surface area contributed by atoms with Gasteiger partial charge in [-0.25, -0.2) is 4.42 Å². The monoisotopic (exact) mass is 230 g/mol. The lowest BCUT2D eigenvalue weighted by Crippen LogP contribution is -2.46. The Bertz CT molecular complexity index is 281. The molecular weight excluding hydrogens is 219 g/mol. The molecule has 0 radical (unpaired) electrons. The predicted molar refractivity (Wildman–Crippen MR) is 59.4 cm³/mol. The summed E-state index contributed by atoms with van der Waals surface area (Å²) >= 11 is 12.0. The number of alkyl halides is 1. The molecule has 0 bridgehead atoms. The van der Waals surface area contributed by atoms with Crippen LogP contribution in [0.3, 0.4) is 0 Å². The first-order valence-electron chi connectivity index (χ1n) is 4.61. The smallest absolute Gasteiger partial charge is 0.0972 e. The molecule has 0 spiro atoms. The van der Waals surface area contributed by atoms with Crippen LogP contribution in [0.2, 0.25) is 0 Å². The average Bonchev–Trinajstić information content (AvgIpc) is 2.18. The molecule has 14 heavy (non-hydrogen) atoms. The maximum absolute atomic E-state index is 6.02. The highest BCUT2D eigenvalue weighted by Gasteiger charge is 2.24. The molecule has 1 fully saturated rings. The van der Waals surface area contributed by atoms with Crippen molar-refractivity contribution in [2.75, 3.05) is 13.1 Å². The zero-order valence-corrected chi connectivity index (χ0v) is 9.17. The van der Waals surface area contributed by atoms with Crippen LogP contribution in [0.1, 0.15) is 11.6 Å². The van der Waals surface area contributed by atoms with E-state index in [9.17, 15) is 0 Å². The van der Waals surface area contributed by atoms with Crippen LogP contribution >= 0.6 is 23.4 Å². The van der Waals surface area contributed by atoms with Gasteiger partial charge in [0.15, 0.2) is 0 Å². The van der Waals surface area contributed by atoms with Crippen molar-refractivity contribution < 1.29 is 0 Å². The summed E-state index contributed by atoms with van der Waals surface area (Å²) in [6.07, 6.45) is 0. The topological polar surface area (TPSA) is 15.3 Å². The van der Waals surface area contributed by atoms with Crippen molar-refractivity contribution in [3.05, 3.63) is 35.9 Å². The van der Waals surface area contributed by atoms with E-state index in [1.165, 1.54) is 5.56 Å². The largest absolute Gasteiger partial charge is 0.292 e. The van der Waals surface area contributed by atoms with E-state index in [0.29, 0.717) is 6.54 Å². The molecule has 76 valence electrons. The van der Waals surface area contributed by atoms with Crippen LogP contribution in [0.5, 0.6) is 0 Å². The summed E-state index contributed by atoms with van der Waals surface area (Å²) in [6.45, 7) is 1.46. The summed E-state index contributed by atoms with van der Waals surface area (Å²) in [5, 5.41) is 3.30. The Kier molecular flexibility index (Phi) is 3.29. The Morgan fingerprint density at radius 2 is 1.93 bits per heavy atom. The molecule has 2 unspecified atom stereocenters.